The lowest BCUT2D eigenvalue weighted by Crippen LogP contribution is -2.37. The van der Waals surface area contributed by atoms with E-state index in [0.717, 1.165) is 44.4 Å². The molecule has 1 fully saturated rings. The molecule has 0 unspecified atom stereocenters. The maximum atomic E-state index is 13.4. The van der Waals surface area contributed by atoms with Gasteiger partial charge in [0.25, 0.3) is 0 Å². The van der Waals surface area contributed by atoms with E-state index in [9.17, 15) is 14.7 Å². The smallest absolute Gasteiger partial charge is 0.178 e. The zero-order chi connectivity index (χ0) is 21.3. The van der Waals surface area contributed by atoms with Crippen molar-refractivity contribution in [1.82, 2.24) is 19.9 Å². The van der Waals surface area contributed by atoms with E-state index in [1.165, 1.54) is 18.3 Å². The topological polar surface area (TPSA) is 112 Å². The van der Waals surface area contributed by atoms with Gasteiger partial charge in [-0.3, -0.25) is 10.6 Å². The summed E-state index contributed by atoms with van der Waals surface area (Å²) < 4.78 is 13.4. The van der Waals surface area contributed by atoms with Crippen LogP contribution in [0.1, 0.15) is 24.2 Å². The number of piperidine rings is 1. The molecular weight excluding hydrogens is 411 g/mol. The number of fused-ring (bicyclic) bond motifs is 1. The largest absolute Gasteiger partial charge is 0.393 e. The predicted molar refractivity (Wildman–Crippen MR) is 112 cm³/mol. The highest BCUT2D eigenvalue weighted by Crippen LogP contribution is 2.24. The van der Waals surface area contributed by atoms with Gasteiger partial charge < -0.3 is 15.0 Å². The van der Waals surface area contributed by atoms with E-state index < -0.39 is 5.82 Å². The number of imidazole rings is 1. The number of hydroxylamine groups is 1. The van der Waals surface area contributed by atoms with E-state index in [4.69, 9.17) is 17.0 Å². The van der Waals surface area contributed by atoms with Gasteiger partial charge in [-0.05, 0) is 37.1 Å². The third-order valence-electron chi connectivity index (χ3n) is 5.28. The van der Waals surface area contributed by atoms with Crippen LogP contribution in [0.4, 0.5) is 10.1 Å². The zero-order valence-electron chi connectivity index (χ0n) is 16.1. The second-order valence-electron chi connectivity index (χ2n) is 7.32. The number of hydrogen-bond donors (Lipinski definition) is 4. The summed E-state index contributed by atoms with van der Waals surface area (Å²) in [5.74, 6) is -0.0865. The van der Waals surface area contributed by atoms with Gasteiger partial charge in [-0.15, -0.1) is 0 Å². The normalized spacial score (nSPS) is 15.6. The molecule has 0 radical (unpaired) electrons. The molecule has 4 rings (SSSR count). The Bertz CT molecular complexity index is 1070. The van der Waals surface area contributed by atoms with Crippen LogP contribution in [0.15, 0.2) is 30.5 Å². The Labute approximate surface area is 177 Å². The maximum Gasteiger partial charge on any atom is 0.178 e. The number of nitrogens with one attached hydrogen (secondary N) is 2. The van der Waals surface area contributed by atoms with Gasteiger partial charge in [0.15, 0.2) is 11.5 Å². The summed E-state index contributed by atoms with van der Waals surface area (Å²) in [6.45, 7) is 2.52. The highest BCUT2D eigenvalue weighted by molar-refractivity contribution is 6.31. The number of halogens is 2. The SMILES string of the molecule is N=C(c1ccnc2nc(CCN3CCC(O)CC3)[nH]c12)N(O)c1ccc(F)c(Cl)c1. The molecule has 10 heteroatoms. The van der Waals surface area contributed by atoms with Crippen LogP contribution in [0.3, 0.4) is 0 Å². The monoisotopic (exact) mass is 432 g/mol. The molecule has 0 amide bonds. The summed E-state index contributed by atoms with van der Waals surface area (Å²) in [6.07, 6.45) is 3.55. The average molecular weight is 433 g/mol. The number of benzene rings is 1. The number of rotatable bonds is 5. The maximum absolute atomic E-state index is 13.4. The van der Waals surface area contributed by atoms with Crippen molar-refractivity contribution in [2.45, 2.75) is 25.4 Å². The Kier molecular flexibility index (Phi) is 5.96. The molecular formula is C20H22ClFN6O2. The van der Waals surface area contributed by atoms with Gasteiger partial charge in [-0.1, -0.05) is 11.6 Å². The Morgan fingerprint density at radius 1 is 1.33 bits per heavy atom. The molecule has 0 saturated carbocycles. The standard InChI is InChI=1S/C20H22ClFN6O2/c21-15-11-12(1-2-16(15)22)28(30)19(23)14-3-7-24-20-18(14)25-17(26-20)6-10-27-8-4-13(29)5-9-27/h1-3,7,11,13,23,29-30H,4-6,8-10H2,(H,24,25,26). The van der Waals surface area contributed by atoms with Crippen LogP contribution in [0.5, 0.6) is 0 Å². The lowest BCUT2D eigenvalue weighted by atomic mass is 10.1. The zero-order valence-corrected chi connectivity index (χ0v) is 16.9. The first-order valence-corrected chi connectivity index (χ1v) is 10.1. The molecule has 1 aromatic carbocycles. The first-order valence-electron chi connectivity index (χ1n) is 9.69. The lowest BCUT2D eigenvalue weighted by molar-refractivity contribution is 0.0830. The van der Waals surface area contributed by atoms with Crippen molar-refractivity contribution in [2.24, 2.45) is 0 Å². The van der Waals surface area contributed by atoms with Crippen LogP contribution < -0.4 is 5.06 Å². The van der Waals surface area contributed by atoms with E-state index in [0.29, 0.717) is 28.2 Å². The van der Waals surface area contributed by atoms with Crippen molar-refractivity contribution in [2.75, 3.05) is 24.7 Å². The molecule has 1 aliphatic heterocycles. The van der Waals surface area contributed by atoms with Gasteiger partial charge in [-0.25, -0.2) is 19.4 Å². The second kappa shape index (κ2) is 8.65. The number of likely N-dealkylation sites (tertiary alicyclic amines) is 1. The summed E-state index contributed by atoms with van der Waals surface area (Å²) in [4.78, 5) is 14.2. The summed E-state index contributed by atoms with van der Waals surface area (Å²) in [6, 6.07) is 5.32. The van der Waals surface area contributed by atoms with E-state index >= 15 is 0 Å². The van der Waals surface area contributed by atoms with Crippen LogP contribution in [0.25, 0.3) is 11.2 Å². The fourth-order valence-corrected chi connectivity index (χ4v) is 3.72. The minimum absolute atomic E-state index is 0.145. The number of nitrogens with zero attached hydrogens (tertiary/aromatic N) is 4. The number of aromatic amines is 1. The van der Waals surface area contributed by atoms with Crippen LogP contribution in [0.2, 0.25) is 5.02 Å². The van der Waals surface area contributed by atoms with Gasteiger partial charge in [0, 0.05) is 37.8 Å². The summed E-state index contributed by atoms with van der Waals surface area (Å²) >= 11 is 5.79. The lowest BCUT2D eigenvalue weighted by Gasteiger charge is -2.29. The van der Waals surface area contributed by atoms with Gasteiger partial charge in [-0.2, -0.15) is 0 Å². The summed E-state index contributed by atoms with van der Waals surface area (Å²) in [5.41, 5.74) is 1.57. The molecule has 30 heavy (non-hydrogen) atoms. The van der Waals surface area contributed by atoms with Crippen LogP contribution in [-0.4, -0.2) is 61.7 Å². The number of hydrogen-bond acceptors (Lipinski definition) is 6. The van der Waals surface area contributed by atoms with Crippen LogP contribution in [-0.2, 0) is 6.42 Å². The van der Waals surface area contributed by atoms with Crippen molar-refractivity contribution >= 4 is 34.3 Å². The Morgan fingerprint density at radius 2 is 2.10 bits per heavy atom. The van der Waals surface area contributed by atoms with Crippen molar-refractivity contribution in [3.8, 4) is 0 Å². The van der Waals surface area contributed by atoms with E-state index in [1.54, 1.807) is 6.07 Å². The van der Waals surface area contributed by atoms with Gasteiger partial charge in [0.05, 0.1) is 22.3 Å². The molecule has 0 bridgehead atoms. The molecule has 3 heterocycles. The molecule has 0 spiro atoms. The van der Waals surface area contributed by atoms with Crippen molar-refractivity contribution < 1.29 is 14.7 Å². The number of amidine groups is 1. The minimum atomic E-state index is -0.604. The number of aromatic nitrogens is 3. The predicted octanol–water partition coefficient (Wildman–Crippen LogP) is 2.97. The molecule has 1 aliphatic rings. The minimum Gasteiger partial charge on any atom is -0.393 e. The second-order valence-corrected chi connectivity index (χ2v) is 7.73. The molecule has 8 nitrogen and oxygen atoms in total. The summed E-state index contributed by atoms with van der Waals surface area (Å²) in [7, 11) is 0. The van der Waals surface area contributed by atoms with Crippen molar-refractivity contribution in [3.63, 3.8) is 0 Å². The molecule has 1 saturated heterocycles. The van der Waals surface area contributed by atoms with Gasteiger partial charge in [0.2, 0.25) is 0 Å². The number of H-pyrrole nitrogens is 1. The van der Waals surface area contributed by atoms with E-state index in [2.05, 4.69) is 19.9 Å². The van der Waals surface area contributed by atoms with Crippen LogP contribution >= 0.6 is 11.6 Å². The Morgan fingerprint density at radius 3 is 2.83 bits per heavy atom. The molecule has 0 atom stereocenters. The Hall–Kier alpha value is -2.59. The fourth-order valence-electron chi connectivity index (χ4n) is 3.54. The first kappa shape index (κ1) is 20.7. The molecule has 3 aromatic rings. The summed E-state index contributed by atoms with van der Waals surface area (Å²) in [5, 5.41) is 29.0. The number of pyridine rings is 1. The molecule has 4 N–H and O–H groups in total. The number of aliphatic hydroxyl groups excluding tert-OH is 1. The molecule has 0 aliphatic carbocycles. The number of anilines is 1. The molecule has 158 valence electrons. The average Bonchev–Trinajstić information content (AvgIpc) is 3.17. The number of aliphatic hydroxyl groups is 1. The first-order chi connectivity index (χ1) is 14.4. The van der Waals surface area contributed by atoms with Gasteiger partial charge in [0.1, 0.15) is 11.6 Å². The third kappa shape index (κ3) is 4.29. The van der Waals surface area contributed by atoms with Crippen molar-refractivity contribution in [3.05, 3.63) is 52.7 Å². The highest BCUT2D eigenvalue weighted by Gasteiger charge is 2.20. The highest BCUT2D eigenvalue weighted by atomic mass is 35.5. The Balaban J connectivity index is 1.52. The van der Waals surface area contributed by atoms with E-state index in [1.807, 2.05) is 0 Å². The third-order valence-corrected chi connectivity index (χ3v) is 5.57. The van der Waals surface area contributed by atoms with Gasteiger partial charge >= 0.3 is 0 Å². The fraction of sp³-hybridized carbons (Fsp3) is 0.350. The van der Waals surface area contributed by atoms with Crippen LogP contribution in [0, 0.1) is 11.2 Å². The van der Waals surface area contributed by atoms with Crippen molar-refractivity contribution in [1.29, 1.82) is 5.41 Å². The quantitative estimate of drug-likeness (QED) is 0.280. The molecule has 2 aromatic heterocycles. The van der Waals surface area contributed by atoms with E-state index in [-0.39, 0.29) is 22.6 Å².